The minimum atomic E-state index is -3.40. The largest absolute Gasteiger partial charge is 0.493 e. The van der Waals surface area contributed by atoms with Crippen molar-refractivity contribution < 1.29 is 17.9 Å². The molecule has 0 aliphatic rings. The van der Waals surface area contributed by atoms with Gasteiger partial charge in [-0.05, 0) is 41.8 Å². The van der Waals surface area contributed by atoms with E-state index in [4.69, 9.17) is 21.1 Å². The van der Waals surface area contributed by atoms with Gasteiger partial charge in [-0.3, -0.25) is 0 Å². The second-order valence-electron chi connectivity index (χ2n) is 5.22. The van der Waals surface area contributed by atoms with Crippen LogP contribution < -0.4 is 14.2 Å². The number of benzene rings is 2. The molecule has 2 rings (SSSR count). The Morgan fingerprint density at radius 3 is 2.21 bits per heavy atom. The lowest BCUT2D eigenvalue weighted by Gasteiger charge is -2.10. The summed E-state index contributed by atoms with van der Waals surface area (Å²) in [6, 6.07) is 12.3. The second kappa shape index (κ2) is 8.37. The van der Waals surface area contributed by atoms with Crippen molar-refractivity contribution in [3.05, 3.63) is 58.6 Å². The van der Waals surface area contributed by atoms with Gasteiger partial charge in [-0.25, -0.2) is 13.1 Å². The molecule has 0 unspecified atom stereocenters. The first-order valence-corrected chi connectivity index (χ1v) is 9.39. The molecule has 0 aliphatic heterocycles. The first kappa shape index (κ1) is 18.6. The van der Waals surface area contributed by atoms with Gasteiger partial charge in [-0.2, -0.15) is 0 Å². The molecule has 5 nitrogen and oxygen atoms in total. The van der Waals surface area contributed by atoms with Crippen LogP contribution in [0.1, 0.15) is 11.1 Å². The van der Waals surface area contributed by atoms with E-state index in [0.717, 1.165) is 5.56 Å². The quantitative estimate of drug-likeness (QED) is 0.776. The SMILES string of the molecule is COc1ccc(CCNS(=O)(=O)Cc2ccc(Cl)cc2)cc1OC. The monoisotopic (exact) mass is 369 g/mol. The maximum atomic E-state index is 12.1. The lowest BCUT2D eigenvalue weighted by molar-refractivity contribution is 0.354. The summed E-state index contributed by atoms with van der Waals surface area (Å²) in [5, 5.41) is 0.581. The molecule has 0 aromatic heterocycles. The zero-order valence-electron chi connectivity index (χ0n) is 13.6. The summed E-state index contributed by atoms with van der Waals surface area (Å²) in [6.07, 6.45) is 0.556. The zero-order chi connectivity index (χ0) is 17.6. The molecule has 0 amide bonds. The molecule has 0 aliphatic carbocycles. The molecule has 0 fully saturated rings. The Labute approximate surface area is 147 Å². The Morgan fingerprint density at radius 1 is 0.958 bits per heavy atom. The van der Waals surface area contributed by atoms with Gasteiger partial charge in [0, 0.05) is 11.6 Å². The Hall–Kier alpha value is -1.76. The minimum absolute atomic E-state index is 0.0733. The number of rotatable bonds is 8. The topological polar surface area (TPSA) is 64.6 Å². The molecule has 2 aromatic rings. The maximum Gasteiger partial charge on any atom is 0.215 e. The Morgan fingerprint density at radius 2 is 1.58 bits per heavy atom. The minimum Gasteiger partial charge on any atom is -0.493 e. The number of halogens is 1. The molecular formula is C17H20ClNO4S. The van der Waals surface area contributed by atoms with Crippen LogP contribution >= 0.6 is 11.6 Å². The number of ether oxygens (including phenoxy) is 2. The maximum absolute atomic E-state index is 12.1. The summed E-state index contributed by atoms with van der Waals surface area (Å²) in [5.41, 5.74) is 1.65. The van der Waals surface area contributed by atoms with Gasteiger partial charge < -0.3 is 9.47 Å². The number of sulfonamides is 1. The van der Waals surface area contributed by atoms with E-state index in [1.165, 1.54) is 0 Å². The third-order valence-corrected chi connectivity index (χ3v) is 5.06. The third kappa shape index (κ3) is 5.40. The second-order valence-corrected chi connectivity index (χ2v) is 7.46. The van der Waals surface area contributed by atoms with Crippen molar-refractivity contribution >= 4 is 21.6 Å². The van der Waals surface area contributed by atoms with Crippen LogP contribution in [0.4, 0.5) is 0 Å². The van der Waals surface area contributed by atoms with Gasteiger partial charge in [-0.1, -0.05) is 29.8 Å². The van der Waals surface area contributed by atoms with Gasteiger partial charge in [-0.15, -0.1) is 0 Å². The van der Waals surface area contributed by atoms with Gasteiger partial charge in [0.15, 0.2) is 11.5 Å². The Bertz CT molecular complexity index is 776. The summed E-state index contributed by atoms with van der Waals surface area (Å²) < 4.78 is 37.2. The first-order valence-electron chi connectivity index (χ1n) is 7.36. The number of nitrogens with one attached hydrogen (secondary N) is 1. The van der Waals surface area contributed by atoms with E-state index in [0.29, 0.717) is 35.1 Å². The van der Waals surface area contributed by atoms with E-state index in [9.17, 15) is 8.42 Å². The van der Waals surface area contributed by atoms with Crippen molar-refractivity contribution in [3.63, 3.8) is 0 Å². The molecule has 0 bridgehead atoms. The van der Waals surface area contributed by atoms with E-state index in [1.54, 1.807) is 44.6 Å². The van der Waals surface area contributed by atoms with Gasteiger partial charge in [0.2, 0.25) is 10.0 Å². The molecule has 24 heavy (non-hydrogen) atoms. The molecule has 0 heterocycles. The zero-order valence-corrected chi connectivity index (χ0v) is 15.2. The molecule has 2 aromatic carbocycles. The van der Waals surface area contributed by atoms with E-state index in [-0.39, 0.29) is 5.75 Å². The molecule has 0 atom stereocenters. The number of hydrogen-bond donors (Lipinski definition) is 1. The van der Waals surface area contributed by atoms with Gasteiger partial charge in [0.1, 0.15) is 0 Å². The molecule has 0 spiro atoms. The van der Waals surface area contributed by atoms with E-state index < -0.39 is 10.0 Å². The van der Waals surface area contributed by atoms with Crippen LogP contribution in [-0.2, 0) is 22.2 Å². The highest BCUT2D eigenvalue weighted by molar-refractivity contribution is 7.88. The van der Waals surface area contributed by atoms with E-state index in [1.807, 2.05) is 12.1 Å². The summed E-state index contributed by atoms with van der Waals surface area (Å²) in [6.45, 7) is 0.311. The predicted molar refractivity (Wildman–Crippen MR) is 95.3 cm³/mol. The summed E-state index contributed by atoms with van der Waals surface area (Å²) in [4.78, 5) is 0. The fourth-order valence-electron chi connectivity index (χ4n) is 2.24. The van der Waals surface area contributed by atoms with Crippen LogP contribution in [0.25, 0.3) is 0 Å². The number of hydrogen-bond acceptors (Lipinski definition) is 4. The lowest BCUT2D eigenvalue weighted by atomic mass is 10.1. The number of methoxy groups -OCH3 is 2. The molecule has 0 saturated heterocycles. The standard InChI is InChI=1S/C17H20ClNO4S/c1-22-16-8-5-13(11-17(16)23-2)9-10-19-24(20,21)12-14-3-6-15(18)7-4-14/h3-8,11,19H,9-10,12H2,1-2H3. The molecular weight excluding hydrogens is 350 g/mol. The van der Waals surface area contributed by atoms with Crippen LogP contribution in [-0.4, -0.2) is 29.2 Å². The Balaban J connectivity index is 1.91. The van der Waals surface area contributed by atoms with Crippen LogP contribution in [0, 0.1) is 0 Å². The van der Waals surface area contributed by atoms with Crippen LogP contribution in [0.2, 0.25) is 5.02 Å². The molecule has 0 radical (unpaired) electrons. The third-order valence-electron chi connectivity index (χ3n) is 3.45. The average molecular weight is 370 g/mol. The van der Waals surface area contributed by atoms with Crippen LogP contribution in [0.15, 0.2) is 42.5 Å². The summed E-state index contributed by atoms with van der Waals surface area (Å²) in [7, 11) is -0.257. The van der Waals surface area contributed by atoms with Crippen molar-refractivity contribution in [2.75, 3.05) is 20.8 Å². The van der Waals surface area contributed by atoms with Crippen molar-refractivity contribution in [1.82, 2.24) is 4.72 Å². The van der Waals surface area contributed by atoms with Crippen LogP contribution in [0.5, 0.6) is 11.5 Å². The molecule has 7 heteroatoms. The van der Waals surface area contributed by atoms with Crippen molar-refractivity contribution in [2.24, 2.45) is 0 Å². The van der Waals surface area contributed by atoms with E-state index in [2.05, 4.69) is 4.72 Å². The normalized spacial score (nSPS) is 11.3. The fraction of sp³-hybridized carbons (Fsp3) is 0.294. The van der Waals surface area contributed by atoms with Gasteiger partial charge >= 0.3 is 0 Å². The lowest BCUT2D eigenvalue weighted by Crippen LogP contribution is -2.27. The van der Waals surface area contributed by atoms with Crippen molar-refractivity contribution in [1.29, 1.82) is 0 Å². The highest BCUT2D eigenvalue weighted by atomic mass is 35.5. The molecule has 1 N–H and O–H groups in total. The van der Waals surface area contributed by atoms with Crippen molar-refractivity contribution in [3.8, 4) is 11.5 Å². The fourth-order valence-corrected chi connectivity index (χ4v) is 3.51. The average Bonchev–Trinajstić information content (AvgIpc) is 2.56. The van der Waals surface area contributed by atoms with Crippen LogP contribution in [0.3, 0.4) is 0 Å². The predicted octanol–water partition coefficient (Wildman–Crippen LogP) is 3.02. The highest BCUT2D eigenvalue weighted by Gasteiger charge is 2.11. The first-order chi connectivity index (χ1) is 11.4. The molecule has 130 valence electrons. The van der Waals surface area contributed by atoms with Gasteiger partial charge in [0.25, 0.3) is 0 Å². The molecule has 0 saturated carbocycles. The van der Waals surface area contributed by atoms with Crippen molar-refractivity contribution in [2.45, 2.75) is 12.2 Å². The summed E-state index contributed by atoms with van der Waals surface area (Å²) in [5.74, 6) is 1.19. The van der Waals surface area contributed by atoms with Gasteiger partial charge in [0.05, 0.1) is 20.0 Å². The summed E-state index contributed by atoms with van der Waals surface area (Å²) >= 11 is 5.80. The Kier molecular flexibility index (Phi) is 6.48. The smallest absolute Gasteiger partial charge is 0.215 e. The van der Waals surface area contributed by atoms with E-state index >= 15 is 0 Å². The highest BCUT2D eigenvalue weighted by Crippen LogP contribution is 2.27.